The van der Waals surface area contributed by atoms with Crippen LogP contribution in [0.5, 0.6) is 0 Å². The molecule has 1 saturated heterocycles. The topological polar surface area (TPSA) is 122 Å². The molecule has 1 aromatic carbocycles. The first-order chi connectivity index (χ1) is 20.5. The van der Waals surface area contributed by atoms with E-state index in [2.05, 4.69) is 38.8 Å². The maximum atomic E-state index is 13.9. The van der Waals surface area contributed by atoms with Crippen LogP contribution in [0.15, 0.2) is 54.9 Å². The average molecular weight is 588 g/mol. The molecule has 3 heterocycles. The van der Waals surface area contributed by atoms with E-state index in [1.807, 2.05) is 32.9 Å². The summed E-state index contributed by atoms with van der Waals surface area (Å²) >= 11 is 0. The molecule has 0 bridgehead atoms. The molecular formula is C33H38FN5O4. The fourth-order valence-corrected chi connectivity index (χ4v) is 5.13. The van der Waals surface area contributed by atoms with E-state index in [9.17, 15) is 19.1 Å². The second kappa shape index (κ2) is 14.2. The molecule has 0 unspecified atom stereocenters. The Morgan fingerprint density at radius 1 is 1.14 bits per heavy atom. The van der Waals surface area contributed by atoms with Gasteiger partial charge in [-0.15, -0.1) is 0 Å². The summed E-state index contributed by atoms with van der Waals surface area (Å²) in [4.78, 5) is 35.7. The summed E-state index contributed by atoms with van der Waals surface area (Å²) in [7, 11) is 0. The normalized spacial score (nSPS) is 14.1. The summed E-state index contributed by atoms with van der Waals surface area (Å²) in [6.07, 6.45) is 5.93. The monoisotopic (exact) mass is 587 g/mol. The van der Waals surface area contributed by atoms with Crippen molar-refractivity contribution in [3.05, 3.63) is 83.2 Å². The molecule has 1 aliphatic heterocycles. The van der Waals surface area contributed by atoms with Crippen LogP contribution < -0.4 is 10.6 Å². The van der Waals surface area contributed by atoms with E-state index in [-0.39, 0.29) is 17.2 Å². The number of urea groups is 1. The van der Waals surface area contributed by atoms with Crippen LogP contribution in [0.3, 0.4) is 0 Å². The second-order valence-electron chi connectivity index (χ2n) is 11.5. The molecule has 0 atom stereocenters. The van der Waals surface area contributed by atoms with Gasteiger partial charge in [0, 0.05) is 36.0 Å². The van der Waals surface area contributed by atoms with Gasteiger partial charge < -0.3 is 20.5 Å². The lowest BCUT2D eigenvalue weighted by Gasteiger charge is -2.32. The van der Waals surface area contributed by atoms with Crippen molar-refractivity contribution in [1.82, 2.24) is 14.9 Å². The molecule has 0 radical (unpaired) electrons. The molecule has 0 saturated carbocycles. The SMILES string of the molecule is CC(C)(C)OC(=O)CCCN1CCC(c2cccc(C#Cc3cc(N(C(N)=O)c4cc(F)ncc4CO)ccn3)c2)CC1. The van der Waals surface area contributed by atoms with Crippen molar-refractivity contribution in [3.8, 4) is 11.8 Å². The highest BCUT2D eigenvalue weighted by molar-refractivity contribution is 5.99. The van der Waals surface area contributed by atoms with Crippen LogP contribution in [0.2, 0.25) is 0 Å². The third-order valence-electron chi connectivity index (χ3n) is 7.12. The van der Waals surface area contributed by atoms with E-state index in [4.69, 9.17) is 10.5 Å². The number of esters is 1. The molecule has 43 heavy (non-hydrogen) atoms. The zero-order valence-corrected chi connectivity index (χ0v) is 24.8. The number of ether oxygens (including phenoxy) is 1. The number of piperidine rings is 1. The van der Waals surface area contributed by atoms with Gasteiger partial charge in [-0.3, -0.25) is 9.69 Å². The van der Waals surface area contributed by atoms with Gasteiger partial charge in [0.15, 0.2) is 0 Å². The molecular weight excluding hydrogens is 549 g/mol. The zero-order chi connectivity index (χ0) is 31.0. The number of likely N-dealkylation sites (tertiary alicyclic amines) is 1. The van der Waals surface area contributed by atoms with Crippen LogP contribution in [-0.2, 0) is 16.1 Å². The summed E-state index contributed by atoms with van der Waals surface area (Å²) in [5.41, 5.74) is 8.32. The van der Waals surface area contributed by atoms with Crippen LogP contribution in [0, 0.1) is 17.8 Å². The summed E-state index contributed by atoms with van der Waals surface area (Å²) in [6, 6.07) is 11.5. The fraction of sp³-hybridized carbons (Fsp3) is 0.394. The number of aliphatic hydroxyl groups is 1. The lowest BCUT2D eigenvalue weighted by Crippen LogP contribution is -2.34. The van der Waals surface area contributed by atoms with Crippen LogP contribution in [0.4, 0.5) is 20.6 Å². The van der Waals surface area contributed by atoms with Crippen molar-refractivity contribution in [3.63, 3.8) is 0 Å². The zero-order valence-electron chi connectivity index (χ0n) is 24.8. The summed E-state index contributed by atoms with van der Waals surface area (Å²) in [5.74, 6) is 5.68. The maximum absolute atomic E-state index is 13.9. The van der Waals surface area contributed by atoms with E-state index in [1.54, 1.807) is 12.1 Å². The first-order valence-electron chi connectivity index (χ1n) is 14.4. The summed E-state index contributed by atoms with van der Waals surface area (Å²) in [6.45, 7) is 8.03. The average Bonchev–Trinajstić information content (AvgIpc) is 2.96. The number of halogens is 1. The smallest absolute Gasteiger partial charge is 0.323 e. The number of anilines is 2. The largest absolute Gasteiger partial charge is 0.460 e. The Labute approximate surface area is 251 Å². The van der Waals surface area contributed by atoms with Crippen molar-refractivity contribution in [2.24, 2.45) is 5.73 Å². The molecule has 9 nitrogen and oxygen atoms in total. The molecule has 10 heteroatoms. The summed E-state index contributed by atoms with van der Waals surface area (Å²) in [5, 5.41) is 9.67. The number of benzene rings is 1. The Bertz CT molecular complexity index is 1500. The van der Waals surface area contributed by atoms with E-state index >= 15 is 0 Å². The molecule has 0 spiro atoms. The number of amides is 2. The minimum absolute atomic E-state index is 0.0920. The first-order valence-corrected chi connectivity index (χ1v) is 14.4. The second-order valence-corrected chi connectivity index (χ2v) is 11.5. The van der Waals surface area contributed by atoms with Gasteiger partial charge >= 0.3 is 12.0 Å². The Hall–Kier alpha value is -4.33. The Balaban J connectivity index is 1.39. The number of carbonyl (C=O) groups excluding carboxylic acids is 2. The van der Waals surface area contributed by atoms with Gasteiger partial charge in [0.2, 0.25) is 5.95 Å². The van der Waals surface area contributed by atoms with E-state index in [1.165, 1.54) is 11.8 Å². The number of carbonyl (C=O) groups is 2. The lowest BCUT2D eigenvalue weighted by molar-refractivity contribution is -0.155. The predicted octanol–water partition coefficient (Wildman–Crippen LogP) is 5.03. The van der Waals surface area contributed by atoms with E-state index < -0.39 is 24.2 Å². The molecule has 226 valence electrons. The minimum atomic E-state index is -0.854. The number of rotatable bonds is 8. The number of aliphatic hydroxyl groups excluding tert-OH is 1. The minimum Gasteiger partial charge on any atom is -0.460 e. The third-order valence-corrected chi connectivity index (χ3v) is 7.12. The van der Waals surface area contributed by atoms with Crippen LogP contribution in [0.1, 0.15) is 74.8 Å². The molecule has 0 aliphatic carbocycles. The number of nitrogens with zero attached hydrogens (tertiary/aromatic N) is 4. The number of primary amides is 1. The van der Waals surface area contributed by atoms with E-state index in [0.29, 0.717) is 23.7 Å². The van der Waals surface area contributed by atoms with Crippen LogP contribution in [-0.4, -0.2) is 57.2 Å². The van der Waals surface area contributed by atoms with Crippen molar-refractivity contribution < 1.29 is 23.8 Å². The third kappa shape index (κ3) is 9.08. The number of pyridine rings is 2. The molecule has 1 fully saturated rings. The quantitative estimate of drug-likeness (QED) is 0.215. The van der Waals surface area contributed by atoms with Gasteiger partial charge in [-0.2, -0.15) is 4.39 Å². The van der Waals surface area contributed by atoms with Gasteiger partial charge in [-0.05, 0) is 101 Å². The van der Waals surface area contributed by atoms with Gasteiger partial charge in [0.1, 0.15) is 11.3 Å². The number of hydrogen-bond acceptors (Lipinski definition) is 7. The number of aromatic nitrogens is 2. The molecule has 4 rings (SSSR count). The predicted molar refractivity (Wildman–Crippen MR) is 162 cm³/mol. The van der Waals surface area contributed by atoms with Crippen molar-refractivity contribution >= 4 is 23.4 Å². The highest BCUT2D eigenvalue weighted by atomic mass is 19.1. The molecule has 2 amide bonds. The number of hydrogen-bond donors (Lipinski definition) is 2. The Morgan fingerprint density at radius 2 is 1.91 bits per heavy atom. The van der Waals surface area contributed by atoms with Crippen molar-refractivity contribution in [2.45, 2.75) is 64.6 Å². The Morgan fingerprint density at radius 3 is 2.60 bits per heavy atom. The maximum Gasteiger partial charge on any atom is 0.323 e. The van der Waals surface area contributed by atoms with Crippen molar-refractivity contribution in [2.75, 3.05) is 24.5 Å². The van der Waals surface area contributed by atoms with Crippen LogP contribution in [0.25, 0.3) is 0 Å². The van der Waals surface area contributed by atoms with Gasteiger partial charge in [-0.25, -0.2) is 14.8 Å². The van der Waals surface area contributed by atoms with Gasteiger partial charge in [0.25, 0.3) is 0 Å². The van der Waals surface area contributed by atoms with Gasteiger partial charge in [0.05, 0.1) is 18.0 Å². The van der Waals surface area contributed by atoms with Crippen LogP contribution >= 0.6 is 0 Å². The lowest BCUT2D eigenvalue weighted by atomic mass is 9.88. The first kappa shape index (κ1) is 31.6. The standard InChI is InChI=1S/C33H38FN5O4/c1-33(2,3)43-31(41)8-5-15-38-16-12-24(13-17-38)25-7-4-6-23(18-25)9-10-27-19-28(11-14-36-27)39(32(35)42)29-20-30(34)37-21-26(29)22-40/h4,6-7,11,14,18-21,24,40H,5,8,12-13,15-17,22H2,1-3H3,(H2,35,42). The molecule has 1 aliphatic rings. The van der Waals surface area contributed by atoms with E-state index in [0.717, 1.165) is 61.6 Å². The Kier molecular flexibility index (Phi) is 10.5. The molecule has 3 aromatic rings. The summed E-state index contributed by atoms with van der Waals surface area (Å²) < 4.78 is 19.3. The highest BCUT2D eigenvalue weighted by Gasteiger charge is 2.22. The molecule has 2 aromatic heterocycles. The highest BCUT2D eigenvalue weighted by Crippen LogP contribution is 2.30. The van der Waals surface area contributed by atoms with Crippen molar-refractivity contribution in [1.29, 1.82) is 0 Å². The van der Waals surface area contributed by atoms with Gasteiger partial charge in [-0.1, -0.05) is 18.1 Å². The number of nitrogens with two attached hydrogens (primary N) is 1. The molecule has 3 N–H and O–H groups in total. The fourth-order valence-electron chi connectivity index (χ4n) is 5.13.